The molecule has 70 valence electrons. The van der Waals surface area contributed by atoms with Crippen molar-refractivity contribution in [3.63, 3.8) is 0 Å². The Bertz CT molecular complexity index is 164. The van der Waals surface area contributed by atoms with Gasteiger partial charge in [-0.2, -0.15) is 0 Å². The molecule has 2 nitrogen and oxygen atoms in total. The van der Waals surface area contributed by atoms with Gasteiger partial charge in [0.25, 0.3) is 0 Å². The molecule has 12 heavy (non-hydrogen) atoms. The van der Waals surface area contributed by atoms with E-state index in [1.807, 2.05) is 7.05 Å². The average Bonchev–Trinajstić information content (AvgIpc) is 2.82. The largest absolute Gasteiger partial charge is 0.366 e. The molecule has 1 fully saturated rings. The molecule has 0 aromatic carbocycles. The summed E-state index contributed by atoms with van der Waals surface area (Å²) in [7, 11) is 1.86. The molecule has 0 spiro atoms. The third kappa shape index (κ3) is 2.63. The predicted octanol–water partition coefficient (Wildman–Crippen LogP) is 1.66. The molecule has 0 saturated heterocycles. The summed E-state index contributed by atoms with van der Waals surface area (Å²) in [6, 6.07) is 0. The van der Waals surface area contributed by atoms with Crippen LogP contribution in [-0.2, 0) is 0 Å². The second-order valence-electron chi connectivity index (χ2n) is 3.68. The summed E-state index contributed by atoms with van der Waals surface area (Å²) in [6.45, 7) is 3.30. The molecule has 0 bridgehead atoms. The Morgan fingerprint density at radius 2 is 2.17 bits per heavy atom. The Labute approximate surface area is 80.1 Å². The van der Waals surface area contributed by atoms with Crippen molar-refractivity contribution < 1.29 is 0 Å². The van der Waals surface area contributed by atoms with Crippen LogP contribution in [0.25, 0.3) is 0 Å². The fraction of sp³-hybridized carbons (Fsp3) is 0.889. The number of nitrogens with one attached hydrogen (secondary N) is 2. The van der Waals surface area contributed by atoms with Crippen LogP contribution in [0.3, 0.4) is 0 Å². The molecule has 0 aromatic heterocycles. The molecule has 0 heterocycles. The lowest BCUT2D eigenvalue weighted by Crippen LogP contribution is -2.36. The zero-order valence-corrected chi connectivity index (χ0v) is 8.76. The number of thiocarbonyl (C=S) groups is 1. The summed E-state index contributed by atoms with van der Waals surface area (Å²) < 4.78 is 0. The summed E-state index contributed by atoms with van der Waals surface area (Å²) in [5, 5.41) is 6.94. The minimum atomic E-state index is 0.593. The Morgan fingerprint density at radius 3 is 2.58 bits per heavy atom. The topological polar surface area (TPSA) is 24.1 Å². The van der Waals surface area contributed by atoms with Gasteiger partial charge in [-0.25, -0.2) is 0 Å². The lowest BCUT2D eigenvalue weighted by atomic mass is 10.0. The monoisotopic (exact) mass is 186 g/mol. The maximum atomic E-state index is 5.01. The Morgan fingerprint density at radius 1 is 1.50 bits per heavy atom. The van der Waals surface area contributed by atoms with Gasteiger partial charge in [-0.3, -0.25) is 0 Å². The summed E-state index contributed by atoms with van der Waals surface area (Å²) in [5.41, 5.74) is 0.593. The number of rotatable bonds is 4. The van der Waals surface area contributed by atoms with Crippen molar-refractivity contribution in [2.75, 3.05) is 13.6 Å². The zero-order valence-electron chi connectivity index (χ0n) is 7.94. The van der Waals surface area contributed by atoms with Crippen LogP contribution in [0.4, 0.5) is 0 Å². The van der Waals surface area contributed by atoms with Crippen molar-refractivity contribution in [2.45, 2.75) is 32.6 Å². The highest BCUT2D eigenvalue weighted by molar-refractivity contribution is 7.80. The smallest absolute Gasteiger partial charge is 0.166 e. The SMILES string of the molecule is CCCC1(CNC(=S)NC)CC1. The van der Waals surface area contributed by atoms with E-state index in [0.717, 1.165) is 11.7 Å². The first-order valence-electron chi connectivity index (χ1n) is 4.68. The van der Waals surface area contributed by atoms with Crippen LogP contribution in [0, 0.1) is 5.41 Å². The first-order valence-corrected chi connectivity index (χ1v) is 5.09. The molecular weight excluding hydrogens is 168 g/mol. The third-order valence-corrected chi connectivity index (χ3v) is 2.94. The zero-order chi connectivity index (χ0) is 9.03. The Kier molecular flexibility index (Phi) is 3.32. The molecular formula is C9H18N2S. The number of hydrogen-bond donors (Lipinski definition) is 2. The maximum absolute atomic E-state index is 5.01. The van der Waals surface area contributed by atoms with Gasteiger partial charge in [-0.15, -0.1) is 0 Å². The molecule has 1 aliphatic rings. The van der Waals surface area contributed by atoms with Gasteiger partial charge in [0.15, 0.2) is 5.11 Å². The molecule has 0 aromatic rings. The molecule has 0 unspecified atom stereocenters. The Balaban J connectivity index is 2.17. The fourth-order valence-corrected chi connectivity index (χ4v) is 1.65. The van der Waals surface area contributed by atoms with Crippen LogP contribution in [0.2, 0.25) is 0 Å². The van der Waals surface area contributed by atoms with E-state index in [1.54, 1.807) is 0 Å². The Hall–Kier alpha value is -0.310. The minimum Gasteiger partial charge on any atom is -0.366 e. The van der Waals surface area contributed by atoms with Crippen LogP contribution >= 0.6 is 12.2 Å². The third-order valence-electron chi connectivity index (χ3n) is 2.59. The van der Waals surface area contributed by atoms with Gasteiger partial charge in [0.05, 0.1) is 0 Å². The van der Waals surface area contributed by atoms with Crippen LogP contribution in [0.1, 0.15) is 32.6 Å². The van der Waals surface area contributed by atoms with Gasteiger partial charge in [0.2, 0.25) is 0 Å². The van der Waals surface area contributed by atoms with Crippen molar-refractivity contribution in [1.29, 1.82) is 0 Å². The summed E-state index contributed by atoms with van der Waals surface area (Å²) in [4.78, 5) is 0. The van der Waals surface area contributed by atoms with Crippen molar-refractivity contribution in [1.82, 2.24) is 10.6 Å². The van der Waals surface area contributed by atoms with Crippen molar-refractivity contribution >= 4 is 17.3 Å². The second-order valence-corrected chi connectivity index (χ2v) is 4.09. The normalized spacial score (nSPS) is 18.5. The molecule has 2 N–H and O–H groups in total. The summed E-state index contributed by atoms with van der Waals surface area (Å²) >= 11 is 5.01. The lowest BCUT2D eigenvalue weighted by Gasteiger charge is -2.15. The highest BCUT2D eigenvalue weighted by Crippen LogP contribution is 2.48. The van der Waals surface area contributed by atoms with Gasteiger partial charge in [-0.1, -0.05) is 13.3 Å². The van der Waals surface area contributed by atoms with Crippen molar-refractivity contribution in [2.24, 2.45) is 5.41 Å². The molecule has 0 aliphatic heterocycles. The minimum absolute atomic E-state index is 0.593. The molecule has 3 heteroatoms. The van der Waals surface area contributed by atoms with Crippen molar-refractivity contribution in [3.8, 4) is 0 Å². The van der Waals surface area contributed by atoms with Gasteiger partial charge in [-0.05, 0) is 36.9 Å². The van der Waals surface area contributed by atoms with Gasteiger partial charge >= 0.3 is 0 Å². The van der Waals surface area contributed by atoms with E-state index >= 15 is 0 Å². The first kappa shape index (κ1) is 9.78. The van der Waals surface area contributed by atoms with Crippen LogP contribution in [-0.4, -0.2) is 18.7 Å². The molecule has 1 aliphatic carbocycles. The molecule has 0 atom stereocenters. The average molecular weight is 186 g/mol. The van der Waals surface area contributed by atoms with Crippen LogP contribution in [0.15, 0.2) is 0 Å². The highest BCUT2D eigenvalue weighted by atomic mass is 32.1. The summed E-state index contributed by atoms with van der Waals surface area (Å²) in [6.07, 6.45) is 5.38. The molecule has 0 radical (unpaired) electrons. The van der Waals surface area contributed by atoms with E-state index in [0.29, 0.717) is 5.41 Å². The molecule has 0 amide bonds. The van der Waals surface area contributed by atoms with E-state index < -0.39 is 0 Å². The predicted molar refractivity (Wildman–Crippen MR) is 56.2 cm³/mol. The van der Waals surface area contributed by atoms with Gasteiger partial charge < -0.3 is 10.6 Å². The van der Waals surface area contributed by atoms with Crippen molar-refractivity contribution in [3.05, 3.63) is 0 Å². The summed E-state index contributed by atoms with van der Waals surface area (Å²) in [5.74, 6) is 0. The van der Waals surface area contributed by atoms with Gasteiger partial charge in [0, 0.05) is 13.6 Å². The quantitative estimate of drug-likeness (QED) is 0.653. The molecule has 1 saturated carbocycles. The second kappa shape index (κ2) is 4.08. The van der Waals surface area contributed by atoms with Crippen LogP contribution < -0.4 is 10.6 Å². The van der Waals surface area contributed by atoms with E-state index in [4.69, 9.17) is 12.2 Å². The standard InChI is InChI=1S/C9H18N2S/c1-3-4-9(5-6-9)7-11-8(12)10-2/h3-7H2,1-2H3,(H2,10,11,12). The molecule has 1 rings (SSSR count). The van der Waals surface area contributed by atoms with Crippen LogP contribution in [0.5, 0.6) is 0 Å². The fourth-order valence-electron chi connectivity index (χ4n) is 1.58. The van der Waals surface area contributed by atoms with E-state index in [1.165, 1.54) is 25.7 Å². The first-order chi connectivity index (χ1) is 5.72. The van der Waals surface area contributed by atoms with E-state index in [9.17, 15) is 0 Å². The maximum Gasteiger partial charge on any atom is 0.166 e. The van der Waals surface area contributed by atoms with Gasteiger partial charge in [0.1, 0.15) is 0 Å². The lowest BCUT2D eigenvalue weighted by molar-refractivity contribution is 0.452. The van der Waals surface area contributed by atoms with E-state index in [-0.39, 0.29) is 0 Å². The van der Waals surface area contributed by atoms with E-state index in [2.05, 4.69) is 17.6 Å². The highest BCUT2D eigenvalue weighted by Gasteiger charge is 2.41. The number of hydrogen-bond acceptors (Lipinski definition) is 1.